The van der Waals surface area contributed by atoms with Crippen LogP contribution in [0.15, 0.2) is 22.8 Å². The Balaban J connectivity index is 1.78. The zero-order valence-electron chi connectivity index (χ0n) is 9.37. The average molecular weight is 348 g/mol. The van der Waals surface area contributed by atoms with Crippen molar-refractivity contribution in [3.63, 3.8) is 0 Å². The minimum Gasteiger partial charge on any atom is -0.300 e. The third-order valence-electron chi connectivity index (χ3n) is 2.97. The SMILES string of the molecule is CN(Cc1ccc(Br)cn1)CC1CC(Br)C1. The predicted molar refractivity (Wildman–Crippen MR) is 73.7 cm³/mol. The standard InChI is InChI=1S/C12H16Br2N2/c1-16(7-9-4-11(14)5-9)8-12-3-2-10(13)6-15-12/h2-3,6,9,11H,4-5,7-8H2,1H3. The topological polar surface area (TPSA) is 16.1 Å². The van der Waals surface area contributed by atoms with Gasteiger partial charge in [-0.25, -0.2) is 0 Å². The molecule has 2 rings (SSSR count). The van der Waals surface area contributed by atoms with Crippen LogP contribution in [0.5, 0.6) is 0 Å². The fourth-order valence-electron chi connectivity index (χ4n) is 2.09. The molecule has 0 spiro atoms. The second-order valence-corrected chi connectivity index (χ2v) is 6.81. The van der Waals surface area contributed by atoms with Gasteiger partial charge in [-0.05, 0) is 53.9 Å². The average Bonchev–Trinajstić information content (AvgIpc) is 2.19. The fraction of sp³-hybridized carbons (Fsp3) is 0.583. The van der Waals surface area contributed by atoms with Crippen molar-refractivity contribution in [1.82, 2.24) is 9.88 Å². The van der Waals surface area contributed by atoms with Crippen LogP contribution < -0.4 is 0 Å². The van der Waals surface area contributed by atoms with Gasteiger partial charge >= 0.3 is 0 Å². The first-order valence-electron chi connectivity index (χ1n) is 5.56. The van der Waals surface area contributed by atoms with Crippen LogP contribution in [-0.4, -0.2) is 28.3 Å². The Kier molecular flexibility index (Phi) is 4.39. The van der Waals surface area contributed by atoms with Crippen LogP contribution in [0.3, 0.4) is 0 Å². The molecule has 0 radical (unpaired) electrons. The number of hydrogen-bond donors (Lipinski definition) is 0. The molecule has 0 aromatic carbocycles. The molecule has 0 N–H and O–H groups in total. The molecule has 1 heterocycles. The van der Waals surface area contributed by atoms with Gasteiger partial charge in [0.1, 0.15) is 0 Å². The summed E-state index contributed by atoms with van der Waals surface area (Å²) in [5, 5.41) is 0. The molecule has 1 saturated carbocycles. The molecule has 1 aliphatic carbocycles. The molecule has 88 valence electrons. The van der Waals surface area contributed by atoms with Crippen LogP contribution >= 0.6 is 31.9 Å². The molecule has 4 heteroatoms. The third kappa shape index (κ3) is 3.54. The zero-order chi connectivity index (χ0) is 11.5. The lowest BCUT2D eigenvalue weighted by molar-refractivity contribution is 0.206. The van der Waals surface area contributed by atoms with E-state index in [0.29, 0.717) is 0 Å². The first-order chi connectivity index (χ1) is 7.63. The van der Waals surface area contributed by atoms with Gasteiger partial charge in [0.05, 0.1) is 5.69 Å². The number of halogens is 2. The highest BCUT2D eigenvalue weighted by atomic mass is 79.9. The summed E-state index contributed by atoms with van der Waals surface area (Å²) in [7, 11) is 2.17. The number of aromatic nitrogens is 1. The van der Waals surface area contributed by atoms with E-state index in [9.17, 15) is 0 Å². The van der Waals surface area contributed by atoms with Crippen LogP contribution in [-0.2, 0) is 6.54 Å². The van der Waals surface area contributed by atoms with Gasteiger partial charge in [-0.1, -0.05) is 15.9 Å². The fourth-order valence-corrected chi connectivity index (χ4v) is 3.38. The largest absolute Gasteiger partial charge is 0.300 e. The molecule has 1 aliphatic rings. The zero-order valence-corrected chi connectivity index (χ0v) is 12.5. The summed E-state index contributed by atoms with van der Waals surface area (Å²) >= 11 is 7.03. The minimum atomic E-state index is 0.761. The second kappa shape index (κ2) is 5.61. The van der Waals surface area contributed by atoms with E-state index >= 15 is 0 Å². The molecule has 0 saturated heterocycles. The maximum Gasteiger partial charge on any atom is 0.0544 e. The summed E-state index contributed by atoms with van der Waals surface area (Å²) in [6.45, 7) is 2.12. The molecule has 2 nitrogen and oxygen atoms in total. The van der Waals surface area contributed by atoms with Gasteiger partial charge in [0.2, 0.25) is 0 Å². The maximum atomic E-state index is 4.39. The molecule has 0 bridgehead atoms. The van der Waals surface area contributed by atoms with Crippen LogP contribution in [0.2, 0.25) is 0 Å². The van der Waals surface area contributed by atoms with Gasteiger partial charge in [0, 0.05) is 28.6 Å². The Morgan fingerprint density at radius 2 is 2.19 bits per heavy atom. The first-order valence-corrected chi connectivity index (χ1v) is 7.27. The van der Waals surface area contributed by atoms with E-state index in [4.69, 9.17) is 0 Å². The Hall–Kier alpha value is 0.0700. The Morgan fingerprint density at radius 3 is 2.75 bits per heavy atom. The van der Waals surface area contributed by atoms with E-state index < -0.39 is 0 Å². The van der Waals surface area contributed by atoms with E-state index in [0.717, 1.165) is 27.5 Å². The van der Waals surface area contributed by atoms with Crippen LogP contribution in [0, 0.1) is 5.92 Å². The third-order valence-corrected chi connectivity index (χ3v) is 4.19. The molecule has 0 aliphatic heterocycles. The predicted octanol–water partition coefficient (Wildman–Crippen LogP) is 3.45. The van der Waals surface area contributed by atoms with Gasteiger partial charge < -0.3 is 4.90 Å². The lowest BCUT2D eigenvalue weighted by Gasteiger charge is -2.34. The van der Waals surface area contributed by atoms with Gasteiger partial charge in [0.25, 0.3) is 0 Å². The lowest BCUT2D eigenvalue weighted by atomic mass is 9.85. The van der Waals surface area contributed by atoms with E-state index in [-0.39, 0.29) is 0 Å². The summed E-state index contributed by atoms with van der Waals surface area (Å²) in [5.74, 6) is 0.866. The number of alkyl halides is 1. The van der Waals surface area contributed by atoms with Crippen molar-refractivity contribution in [3.05, 3.63) is 28.5 Å². The summed E-state index contributed by atoms with van der Waals surface area (Å²) in [6, 6.07) is 4.13. The van der Waals surface area contributed by atoms with Crippen molar-refractivity contribution < 1.29 is 0 Å². The van der Waals surface area contributed by atoms with Gasteiger partial charge in [0.15, 0.2) is 0 Å². The number of hydrogen-bond acceptors (Lipinski definition) is 2. The lowest BCUT2D eigenvalue weighted by Crippen LogP contribution is -2.34. The molecule has 1 fully saturated rings. The number of nitrogens with zero attached hydrogens (tertiary/aromatic N) is 2. The van der Waals surface area contributed by atoms with E-state index in [2.05, 4.69) is 54.9 Å². The van der Waals surface area contributed by atoms with Crippen LogP contribution in [0.25, 0.3) is 0 Å². The number of rotatable bonds is 4. The highest BCUT2D eigenvalue weighted by Crippen LogP contribution is 2.33. The Bertz CT molecular complexity index is 333. The van der Waals surface area contributed by atoms with Gasteiger partial charge in [-0.15, -0.1) is 0 Å². The van der Waals surface area contributed by atoms with Crippen molar-refractivity contribution in [1.29, 1.82) is 0 Å². The van der Waals surface area contributed by atoms with Crippen molar-refractivity contribution in [2.45, 2.75) is 24.2 Å². The molecule has 1 aromatic heterocycles. The molecule has 16 heavy (non-hydrogen) atoms. The quantitative estimate of drug-likeness (QED) is 0.775. The molecule has 0 unspecified atom stereocenters. The van der Waals surface area contributed by atoms with Crippen molar-refractivity contribution in [2.24, 2.45) is 5.92 Å². The van der Waals surface area contributed by atoms with E-state index in [1.54, 1.807) is 0 Å². The summed E-state index contributed by atoms with van der Waals surface area (Å²) in [5.41, 5.74) is 1.14. The highest BCUT2D eigenvalue weighted by molar-refractivity contribution is 9.10. The summed E-state index contributed by atoms with van der Waals surface area (Å²) in [4.78, 5) is 7.51. The van der Waals surface area contributed by atoms with Crippen molar-refractivity contribution in [2.75, 3.05) is 13.6 Å². The smallest absolute Gasteiger partial charge is 0.0544 e. The minimum absolute atomic E-state index is 0.761. The summed E-state index contributed by atoms with van der Waals surface area (Å²) in [6.07, 6.45) is 4.50. The normalized spacial score (nSPS) is 24.5. The Morgan fingerprint density at radius 1 is 1.44 bits per heavy atom. The van der Waals surface area contributed by atoms with Crippen LogP contribution in [0.4, 0.5) is 0 Å². The molecular weight excluding hydrogens is 332 g/mol. The summed E-state index contributed by atoms with van der Waals surface area (Å²) < 4.78 is 1.04. The second-order valence-electron chi connectivity index (χ2n) is 4.60. The van der Waals surface area contributed by atoms with Crippen molar-refractivity contribution in [3.8, 4) is 0 Å². The maximum absolute atomic E-state index is 4.39. The van der Waals surface area contributed by atoms with E-state index in [1.165, 1.54) is 19.4 Å². The van der Waals surface area contributed by atoms with E-state index in [1.807, 2.05) is 12.3 Å². The van der Waals surface area contributed by atoms with Crippen molar-refractivity contribution >= 4 is 31.9 Å². The number of pyridine rings is 1. The van der Waals surface area contributed by atoms with Gasteiger partial charge in [-0.2, -0.15) is 0 Å². The monoisotopic (exact) mass is 346 g/mol. The van der Waals surface area contributed by atoms with Crippen LogP contribution in [0.1, 0.15) is 18.5 Å². The van der Waals surface area contributed by atoms with Gasteiger partial charge in [-0.3, -0.25) is 4.98 Å². The highest BCUT2D eigenvalue weighted by Gasteiger charge is 2.27. The molecule has 1 aromatic rings. The Labute approximate surface area is 114 Å². The molecular formula is C12H16Br2N2. The molecule has 0 amide bonds. The first kappa shape index (κ1) is 12.5. The molecule has 0 atom stereocenters.